The summed E-state index contributed by atoms with van der Waals surface area (Å²) in [5.74, 6) is -0.763. The second-order valence-corrected chi connectivity index (χ2v) is 9.38. The van der Waals surface area contributed by atoms with Gasteiger partial charge in [-0.2, -0.15) is 0 Å². The van der Waals surface area contributed by atoms with Gasteiger partial charge in [0.1, 0.15) is 11.1 Å². The lowest BCUT2D eigenvalue weighted by atomic mass is 9.85. The van der Waals surface area contributed by atoms with Crippen LogP contribution in [0.5, 0.6) is 0 Å². The minimum absolute atomic E-state index is 0.0143. The van der Waals surface area contributed by atoms with E-state index >= 15 is 0 Å². The minimum atomic E-state index is -1.30. The number of carboxylic acids is 1. The van der Waals surface area contributed by atoms with E-state index in [2.05, 4.69) is 0 Å². The van der Waals surface area contributed by atoms with E-state index in [0.717, 1.165) is 11.8 Å². The number of carboxylic acid groups (broad SMARTS) is 1. The second kappa shape index (κ2) is 8.08. The number of rotatable bonds is 4. The van der Waals surface area contributed by atoms with Crippen LogP contribution < -0.4 is 0 Å². The van der Waals surface area contributed by atoms with Gasteiger partial charge in [0.15, 0.2) is 5.12 Å². The molecule has 0 aromatic heterocycles. The molecule has 8 nitrogen and oxygen atoms in total. The Morgan fingerprint density at radius 1 is 1.26 bits per heavy atom. The summed E-state index contributed by atoms with van der Waals surface area (Å²) in [6.45, 7) is 7.58. The van der Waals surface area contributed by atoms with Gasteiger partial charge in [-0.25, -0.2) is 9.59 Å². The number of likely N-dealkylation sites (tertiary alicyclic amines) is 2. The zero-order valence-electron chi connectivity index (χ0n) is 16.3. The molecule has 1 atom stereocenters. The fourth-order valence-corrected chi connectivity index (χ4v) is 4.22. The second-order valence-electron chi connectivity index (χ2n) is 8.18. The number of ether oxygens (including phenoxy) is 1. The summed E-state index contributed by atoms with van der Waals surface area (Å²) in [7, 11) is 0. The summed E-state index contributed by atoms with van der Waals surface area (Å²) in [4.78, 5) is 50.9. The van der Waals surface area contributed by atoms with Gasteiger partial charge in [-0.3, -0.25) is 9.59 Å². The molecule has 9 heteroatoms. The van der Waals surface area contributed by atoms with Crippen molar-refractivity contribution >= 4 is 34.8 Å². The van der Waals surface area contributed by atoms with E-state index in [-0.39, 0.29) is 49.3 Å². The summed E-state index contributed by atoms with van der Waals surface area (Å²) in [5.41, 5.74) is -1.92. The Morgan fingerprint density at radius 3 is 2.33 bits per heavy atom. The molecule has 1 N–H and O–H groups in total. The maximum Gasteiger partial charge on any atom is 0.410 e. The molecular formula is C18H28N2O6S. The Hall–Kier alpha value is -1.77. The van der Waals surface area contributed by atoms with Gasteiger partial charge in [0, 0.05) is 38.7 Å². The Bertz CT molecular complexity index is 622. The molecule has 0 aromatic carbocycles. The number of hydrogen-bond acceptors (Lipinski definition) is 6. The molecule has 2 heterocycles. The fraction of sp³-hybridized carbons (Fsp3) is 0.778. The molecule has 1 unspecified atom stereocenters. The van der Waals surface area contributed by atoms with Crippen LogP contribution in [0.1, 0.15) is 47.0 Å². The maximum absolute atomic E-state index is 12.5. The number of hydrogen-bond donors (Lipinski definition) is 1. The first kappa shape index (κ1) is 21.5. The predicted octanol–water partition coefficient (Wildman–Crippen LogP) is 1.97. The zero-order valence-corrected chi connectivity index (χ0v) is 17.1. The van der Waals surface area contributed by atoms with E-state index in [1.165, 1.54) is 16.7 Å². The predicted molar refractivity (Wildman–Crippen MR) is 100 cm³/mol. The van der Waals surface area contributed by atoms with Crippen molar-refractivity contribution in [2.75, 3.05) is 25.4 Å². The van der Waals surface area contributed by atoms with Gasteiger partial charge < -0.3 is 19.6 Å². The molecule has 2 rings (SSSR count). The first-order valence-electron chi connectivity index (χ1n) is 9.10. The standard InChI is InChI=1S/C18H28N2O6S/c1-12(21)27-11-13-9-14(22)20(10-13)18(15(23)24)5-7-19(8-6-18)16(25)26-17(2,3)4/h13H,5-11H2,1-4H3,(H,23,24). The highest BCUT2D eigenvalue weighted by molar-refractivity contribution is 8.13. The van der Waals surface area contributed by atoms with Crippen molar-refractivity contribution in [3.63, 3.8) is 0 Å². The third-order valence-electron chi connectivity index (χ3n) is 4.88. The summed E-state index contributed by atoms with van der Waals surface area (Å²) < 4.78 is 5.35. The molecule has 0 aliphatic carbocycles. The minimum Gasteiger partial charge on any atom is -0.479 e. The van der Waals surface area contributed by atoms with E-state index < -0.39 is 23.2 Å². The van der Waals surface area contributed by atoms with Gasteiger partial charge >= 0.3 is 12.1 Å². The van der Waals surface area contributed by atoms with Crippen LogP contribution in [0, 0.1) is 5.92 Å². The van der Waals surface area contributed by atoms with Crippen molar-refractivity contribution in [1.29, 1.82) is 0 Å². The van der Waals surface area contributed by atoms with Gasteiger partial charge in [-0.15, -0.1) is 0 Å². The van der Waals surface area contributed by atoms with Crippen molar-refractivity contribution < 1.29 is 29.0 Å². The molecule has 0 saturated carbocycles. The first-order valence-corrected chi connectivity index (χ1v) is 10.1. The Kier molecular flexibility index (Phi) is 6.44. The van der Waals surface area contributed by atoms with Crippen molar-refractivity contribution in [2.24, 2.45) is 5.92 Å². The average Bonchev–Trinajstić information content (AvgIpc) is 2.92. The highest BCUT2D eigenvalue weighted by Crippen LogP contribution is 2.36. The number of carbonyl (C=O) groups is 4. The van der Waals surface area contributed by atoms with Gasteiger partial charge in [0.05, 0.1) is 0 Å². The molecule has 2 saturated heterocycles. The van der Waals surface area contributed by atoms with E-state index in [4.69, 9.17) is 4.74 Å². The van der Waals surface area contributed by atoms with Crippen LogP contribution in [0.3, 0.4) is 0 Å². The molecule has 152 valence electrons. The van der Waals surface area contributed by atoms with E-state index in [1.54, 1.807) is 20.8 Å². The number of aliphatic carboxylic acids is 1. The van der Waals surface area contributed by atoms with Gasteiger partial charge in [-0.05, 0) is 39.5 Å². The quantitative estimate of drug-likeness (QED) is 0.769. The lowest BCUT2D eigenvalue weighted by Crippen LogP contribution is -2.61. The maximum atomic E-state index is 12.5. The molecule has 0 radical (unpaired) electrons. The van der Waals surface area contributed by atoms with Crippen LogP contribution >= 0.6 is 11.8 Å². The molecule has 2 aliphatic heterocycles. The fourth-order valence-electron chi connectivity index (χ4n) is 3.53. The van der Waals surface area contributed by atoms with Gasteiger partial charge in [0.25, 0.3) is 0 Å². The van der Waals surface area contributed by atoms with Crippen LogP contribution in [0.25, 0.3) is 0 Å². The van der Waals surface area contributed by atoms with E-state index in [1.807, 2.05) is 0 Å². The monoisotopic (exact) mass is 400 g/mol. The summed E-state index contributed by atoms with van der Waals surface area (Å²) in [5, 5.41) is 9.88. The number of nitrogens with zero attached hydrogens (tertiary/aromatic N) is 2. The Morgan fingerprint density at radius 2 is 1.85 bits per heavy atom. The summed E-state index contributed by atoms with van der Waals surface area (Å²) in [6, 6.07) is 0. The third-order valence-corrected chi connectivity index (χ3v) is 5.93. The molecular weight excluding hydrogens is 372 g/mol. The van der Waals surface area contributed by atoms with E-state index in [9.17, 15) is 24.3 Å². The van der Waals surface area contributed by atoms with Crippen molar-refractivity contribution in [2.45, 2.75) is 58.1 Å². The molecule has 2 amide bonds. The molecule has 0 aromatic rings. The normalized spacial score (nSPS) is 22.7. The van der Waals surface area contributed by atoms with Crippen molar-refractivity contribution in [3.05, 3.63) is 0 Å². The molecule has 2 fully saturated rings. The van der Waals surface area contributed by atoms with Crippen LogP contribution in [-0.2, 0) is 19.1 Å². The topological polar surface area (TPSA) is 104 Å². The van der Waals surface area contributed by atoms with Crippen molar-refractivity contribution in [3.8, 4) is 0 Å². The largest absolute Gasteiger partial charge is 0.479 e. The molecule has 27 heavy (non-hydrogen) atoms. The third kappa shape index (κ3) is 5.15. The average molecular weight is 400 g/mol. The SMILES string of the molecule is CC(=O)SCC1CC(=O)N(C2(C(=O)O)CCN(C(=O)OC(C)(C)C)CC2)C1. The van der Waals surface area contributed by atoms with Gasteiger partial charge in [0.2, 0.25) is 5.91 Å². The number of carbonyl (C=O) groups excluding carboxylic acids is 3. The number of piperidine rings is 1. The van der Waals surface area contributed by atoms with Gasteiger partial charge in [-0.1, -0.05) is 11.8 Å². The van der Waals surface area contributed by atoms with Crippen molar-refractivity contribution in [1.82, 2.24) is 9.80 Å². The number of thioether (sulfide) groups is 1. The highest BCUT2D eigenvalue weighted by atomic mass is 32.2. The molecule has 2 aliphatic rings. The zero-order chi connectivity index (χ0) is 20.4. The van der Waals surface area contributed by atoms with Crippen LogP contribution in [-0.4, -0.2) is 74.5 Å². The summed E-state index contributed by atoms with van der Waals surface area (Å²) in [6.07, 6.45) is 0.121. The smallest absolute Gasteiger partial charge is 0.410 e. The van der Waals surface area contributed by atoms with E-state index in [0.29, 0.717) is 12.3 Å². The molecule has 0 spiro atoms. The lowest BCUT2D eigenvalue weighted by Gasteiger charge is -2.44. The summed E-state index contributed by atoms with van der Waals surface area (Å²) >= 11 is 1.16. The first-order chi connectivity index (χ1) is 12.4. The van der Waals surface area contributed by atoms with Crippen LogP contribution in [0.15, 0.2) is 0 Å². The van der Waals surface area contributed by atoms with Crippen LogP contribution in [0.4, 0.5) is 4.79 Å². The molecule has 0 bridgehead atoms. The number of amides is 2. The van der Waals surface area contributed by atoms with Crippen LogP contribution in [0.2, 0.25) is 0 Å². The lowest BCUT2D eigenvalue weighted by molar-refractivity contribution is -0.160. The highest BCUT2D eigenvalue weighted by Gasteiger charge is 2.52. The Balaban J connectivity index is 2.05. The Labute approximate surface area is 163 Å².